The third kappa shape index (κ3) is 5.31. The number of hydrogen-bond acceptors (Lipinski definition) is 5. The summed E-state index contributed by atoms with van der Waals surface area (Å²) in [5.41, 5.74) is 0.573. The van der Waals surface area contributed by atoms with Gasteiger partial charge in [-0.3, -0.25) is 14.2 Å². The highest BCUT2D eigenvalue weighted by atomic mass is 32.2. The third-order valence-corrected chi connectivity index (χ3v) is 5.42. The van der Waals surface area contributed by atoms with Crippen LogP contribution in [0, 0.1) is 5.92 Å². The number of thioether (sulfide) groups is 1. The lowest BCUT2D eigenvalue weighted by Gasteiger charge is -2.26. The van der Waals surface area contributed by atoms with Gasteiger partial charge in [0.05, 0.1) is 11.6 Å². The van der Waals surface area contributed by atoms with Gasteiger partial charge in [-0.05, 0) is 24.3 Å². The molecule has 1 aromatic heterocycles. The Hall–Kier alpha value is -2.49. The van der Waals surface area contributed by atoms with Crippen LogP contribution < -0.4 is 15.6 Å². The summed E-state index contributed by atoms with van der Waals surface area (Å²) in [4.78, 5) is 29.6. The Kier molecular flexibility index (Phi) is 5.66. The van der Waals surface area contributed by atoms with Crippen molar-refractivity contribution in [1.82, 2.24) is 9.55 Å². The molecular formula is C19H20F3N3O3S. The van der Waals surface area contributed by atoms with Crippen molar-refractivity contribution in [3.05, 3.63) is 46.4 Å². The number of nitrogens with zero attached hydrogens (tertiary/aromatic N) is 2. The number of alkyl halides is 3. The Labute approximate surface area is 169 Å². The maximum atomic E-state index is 12.6. The fraction of sp³-hybridized carbons (Fsp3) is 0.421. The first-order valence-electron chi connectivity index (χ1n) is 8.84. The van der Waals surface area contributed by atoms with Crippen LogP contribution in [0.3, 0.4) is 0 Å². The van der Waals surface area contributed by atoms with E-state index in [1.165, 1.54) is 34.5 Å². The Morgan fingerprint density at radius 2 is 1.90 bits per heavy atom. The molecule has 0 spiro atoms. The van der Waals surface area contributed by atoms with Crippen molar-refractivity contribution in [1.29, 1.82) is 0 Å². The molecule has 10 heteroatoms. The van der Waals surface area contributed by atoms with Crippen LogP contribution in [0.15, 0.2) is 40.3 Å². The van der Waals surface area contributed by atoms with Crippen LogP contribution in [-0.2, 0) is 16.8 Å². The van der Waals surface area contributed by atoms with Crippen LogP contribution in [0.5, 0.6) is 5.75 Å². The Bertz CT molecular complexity index is 966. The van der Waals surface area contributed by atoms with Crippen molar-refractivity contribution in [2.24, 2.45) is 5.92 Å². The van der Waals surface area contributed by atoms with E-state index in [1.54, 1.807) is 0 Å². The van der Waals surface area contributed by atoms with Gasteiger partial charge in [0.2, 0.25) is 5.91 Å². The summed E-state index contributed by atoms with van der Waals surface area (Å²) in [6, 6.07) is 6.38. The molecule has 0 bridgehead atoms. The predicted octanol–water partition coefficient (Wildman–Crippen LogP) is 3.80. The minimum absolute atomic E-state index is 0.194. The molecule has 1 aromatic carbocycles. The minimum Gasteiger partial charge on any atom is -0.406 e. The second kappa shape index (κ2) is 7.74. The number of rotatable bonds is 3. The molecule has 0 unspecified atom stereocenters. The fourth-order valence-corrected chi connectivity index (χ4v) is 3.83. The number of anilines is 1. The zero-order valence-electron chi connectivity index (χ0n) is 16.0. The van der Waals surface area contributed by atoms with Gasteiger partial charge in [-0.15, -0.1) is 13.2 Å². The van der Waals surface area contributed by atoms with Crippen LogP contribution >= 0.6 is 11.8 Å². The highest BCUT2D eigenvalue weighted by Gasteiger charge is 2.31. The van der Waals surface area contributed by atoms with Gasteiger partial charge in [-0.25, -0.2) is 4.98 Å². The van der Waals surface area contributed by atoms with E-state index in [1.807, 2.05) is 20.8 Å². The van der Waals surface area contributed by atoms with E-state index in [9.17, 15) is 22.8 Å². The Morgan fingerprint density at radius 3 is 2.48 bits per heavy atom. The first-order chi connectivity index (χ1) is 13.4. The van der Waals surface area contributed by atoms with E-state index in [0.717, 1.165) is 12.1 Å². The van der Waals surface area contributed by atoms with Crippen LogP contribution in [0.25, 0.3) is 0 Å². The van der Waals surface area contributed by atoms with Crippen molar-refractivity contribution >= 4 is 23.4 Å². The van der Waals surface area contributed by atoms with Crippen molar-refractivity contribution < 1.29 is 22.7 Å². The molecule has 1 amide bonds. The third-order valence-electron chi connectivity index (χ3n) is 4.28. The monoisotopic (exact) mass is 427 g/mol. The number of halogens is 3. The predicted molar refractivity (Wildman–Crippen MR) is 103 cm³/mol. The summed E-state index contributed by atoms with van der Waals surface area (Å²) in [7, 11) is 0. The second-order valence-corrected chi connectivity index (χ2v) is 8.68. The average Bonchev–Trinajstić information content (AvgIpc) is 2.61. The van der Waals surface area contributed by atoms with E-state index >= 15 is 0 Å². The summed E-state index contributed by atoms with van der Waals surface area (Å²) >= 11 is 1.33. The molecule has 2 heterocycles. The second-order valence-electron chi connectivity index (χ2n) is 7.69. The summed E-state index contributed by atoms with van der Waals surface area (Å²) in [5, 5.41) is 3.25. The van der Waals surface area contributed by atoms with Crippen molar-refractivity contribution in [3.8, 4) is 5.75 Å². The standard InChI is InChI=1S/C19H20F3N3O3S/c1-18(2,3)14-8-15(26)25-9-11(10-29-17(25)24-14)16(27)23-12-4-6-13(7-5-12)28-19(20,21)22/h4-8,11H,9-10H2,1-3H3,(H,23,27)/t11-/m0/s1. The van der Waals surface area contributed by atoms with E-state index in [-0.39, 0.29) is 29.2 Å². The highest BCUT2D eigenvalue weighted by Crippen LogP contribution is 2.29. The summed E-state index contributed by atoms with van der Waals surface area (Å²) in [5.74, 6) is -0.718. The normalized spacial score (nSPS) is 16.8. The number of amides is 1. The van der Waals surface area contributed by atoms with Crippen LogP contribution in [-0.4, -0.2) is 27.6 Å². The lowest BCUT2D eigenvalue weighted by Crippen LogP contribution is -2.37. The van der Waals surface area contributed by atoms with E-state index in [2.05, 4.69) is 15.0 Å². The van der Waals surface area contributed by atoms with Crippen LogP contribution in [0.1, 0.15) is 26.5 Å². The van der Waals surface area contributed by atoms with Crippen molar-refractivity contribution in [2.75, 3.05) is 11.1 Å². The SMILES string of the molecule is CC(C)(C)c1cc(=O)n2c(n1)SC[C@@H](C(=O)Nc1ccc(OC(F)(F)F)cc1)C2. The maximum absolute atomic E-state index is 12.6. The summed E-state index contributed by atoms with van der Waals surface area (Å²) < 4.78 is 41.9. The molecule has 0 saturated heterocycles. The molecule has 6 nitrogen and oxygen atoms in total. The first-order valence-corrected chi connectivity index (χ1v) is 9.83. The molecule has 0 aliphatic carbocycles. The van der Waals surface area contributed by atoms with Crippen LogP contribution in [0.4, 0.5) is 18.9 Å². The van der Waals surface area contributed by atoms with Gasteiger partial charge in [-0.2, -0.15) is 0 Å². The molecule has 2 aromatic rings. The molecule has 1 aliphatic heterocycles. The zero-order valence-corrected chi connectivity index (χ0v) is 16.9. The molecule has 0 saturated carbocycles. The van der Waals surface area contributed by atoms with Gasteiger partial charge in [0.25, 0.3) is 5.56 Å². The first kappa shape index (κ1) is 21.2. The smallest absolute Gasteiger partial charge is 0.406 e. The van der Waals surface area contributed by atoms with Crippen molar-refractivity contribution in [3.63, 3.8) is 0 Å². The summed E-state index contributed by atoms with van der Waals surface area (Å²) in [6.45, 7) is 6.11. The summed E-state index contributed by atoms with van der Waals surface area (Å²) in [6.07, 6.45) is -4.77. The number of benzene rings is 1. The molecule has 156 valence electrons. The molecule has 0 fully saturated rings. The number of fused-ring (bicyclic) bond motifs is 1. The quantitative estimate of drug-likeness (QED) is 0.755. The average molecular weight is 427 g/mol. The number of hydrogen-bond donors (Lipinski definition) is 1. The number of carbonyl (C=O) groups is 1. The topological polar surface area (TPSA) is 73.2 Å². The Balaban J connectivity index is 1.69. The fourth-order valence-electron chi connectivity index (χ4n) is 2.74. The number of aromatic nitrogens is 2. The largest absolute Gasteiger partial charge is 0.573 e. The van der Waals surface area contributed by atoms with Gasteiger partial charge < -0.3 is 10.1 Å². The van der Waals surface area contributed by atoms with E-state index < -0.39 is 12.3 Å². The number of nitrogens with one attached hydrogen (secondary N) is 1. The van der Waals surface area contributed by atoms with Gasteiger partial charge in [-0.1, -0.05) is 32.5 Å². The van der Waals surface area contributed by atoms with E-state index in [0.29, 0.717) is 22.3 Å². The molecule has 1 aliphatic rings. The molecule has 1 atom stereocenters. The lowest BCUT2D eigenvalue weighted by atomic mass is 9.92. The molecule has 3 rings (SSSR count). The lowest BCUT2D eigenvalue weighted by molar-refractivity contribution is -0.274. The van der Waals surface area contributed by atoms with Gasteiger partial charge in [0.1, 0.15) is 5.75 Å². The van der Waals surface area contributed by atoms with Gasteiger partial charge >= 0.3 is 6.36 Å². The maximum Gasteiger partial charge on any atom is 0.573 e. The van der Waals surface area contributed by atoms with Crippen LogP contribution in [0.2, 0.25) is 0 Å². The molecule has 29 heavy (non-hydrogen) atoms. The highest BCUT2D eigenvalue weighted by molar-refractivity contribution is 7.99. The van der Waals surface area contributed by atoms with E-state index in [4.69, 9.17) is 0 Å². The number of ether oxygens (including phenoxy) is 1. The Morgan fingerprint density at radius 1 is 1.24 bits per heavy atom. The zero-order chi connectivity index (χ0) is 21.4. The molecule has 1 N–H and O–H groups in total. The van der Waals surface area contributed by atoms with Crippen molar-refractivity contribution in [2.45, 2.75) is 44.2 Å². The van der Waals surface area contributed by atoms with Gasteiger partial charge in [0, 0.05) is 29.5 Å². The molecular weight excluding hydrogens is 407 g/mol. The minimum atomic E-state index is -4.77. The van der Waals surface area contributed by atoms with Gasteiger partial charge in [0.15, 0.2) is 5.16 Å². The molecule has 0 radical (unpaired) electrons. The number of carbonyl (C=O) groups excluding carboxylic acids is 1.